The van der Waals surface area contributed by atoms with Crippen LogP contribution in [0.5, 0.6) is 0 Å². The van der Waals surface area contributed by atoms with E-state index < -0.39 is 0 Å². The Kier molecular flexibility index (Phi) is 4.21. The predicted octanol–water partition coefficient (Wildman–Crippen LogP) is 3.79. The number of nitrogens with one attached hydrogen (secondary N) is 1. The third kappa shape index (κ3) is 2.82. The minimum atomic E-state index is 0.354. The summed E-state index contributed by atoms with van der Waals surface area (Å²) < 4.78 is 5.16. The van der Waals surface area contributed by atoms with E-state index in [0.29, 0.717) is 6.04 Å². The molecule has 2 heteroatoms. The van der Waals surface area contributed by atoms with Crippen LogP contribution in [0, 0.1) is 13.8 Å². The summed E-state index contributed by atoms with van der Waals surface area (Å²) in [7, 11) is 0. The van der Waals surface area contributed by atoms with Gasteiger partial charge in [0.1, 0.15) is 0 Å². The van der Waals surface area contributed by atoms with Gasteiger partial charge in [0.15, 0.2) is 0 Å². The fourth-order valence-electron chi connectivity index (χ4n) is 2.33. The Morgan fingerprint density at radius 2 is 2.06 bits per heavy atom. The normalized spacial score (nSPS) is 12.6. The van der Waals surface area contributed by atoms with Crippen molar-refractivity contribution in [3.05, 3.63) is 59.0 Å². The Balaban J connectivity index is 2.26. The van der Waals surface area contributed by atoms with Crippen LogP contribution in [0.1, 0.15) is 35.2 Å². The summed E-state index contributed by atoms with van der Waals surface area (Å²) in [4.78, 5) is 0. The van der Waals surface area contributed by atoms with Crippen LogP contribution in [-0.4, -0.2) is 6.54 Å². The van der Waals surface area contributed by atoms with Crippen molar-refractivity contribution in [3.8, 4) is 0 Å². The van der Waals surface area contributed by atoms with Gasteiger partial charge in [-0.2, -0.15) is 0 Å². The summed E-state index contributed by atoms with van der Waals surface area (Å²) in [5.74, 6) is 0. The van der Waals surface area contributed by atoms with Crippen molar-refractivity contribution in [2.75, 3.05) is 6.54 Å². The van der Waals surface area contributed by atoms with Crippen LogP contribution < -0.4 is 5.32 Å². The molecule has 0 spiro atoms. The standard InChI is InChI=1S/C16H21NO/c1-4-17-16(10-14-8-9-18-11-14)15-7-5-6-12(2)13(15)3/h5-9,11,16-17H,4,10H2,1-3H3. The summed E-state index contributed by atoms with van der Waals surface area (Å²) in [6.07, 6.45) is 4.53. The molecule has 1 aromatic heterocycles. The number of benzene rings is 1. The zero-order chi connectivity index (χ0) is 13.0. The highest BCUT2D eigenvalue weighted by atomic mass is 16.3. The quantitative estimate of drug-likeness (QED) is 0.864. The second kappa shape index (κ2) is 5.87. The Labute approximate surface area is 109 Å². The zero-order valence-electron chi connectivity index (χ0n) is 11.4. The van der Waals surface area contributed by atoms with Crippen LogP contribution in [0.4, 0.5) is 0 Å². The molecule has 0 saturated carbocycles. The van der Waals surface area contributed by atoms with Crippen LogP contribution in [0.3, 0.4) is 0 Å². The van der Waals surface area contributed by atoms with Crippen LogP contribution >= 0.6 is 0 Å². The van der Waals surface area contributed by atoms with Gasteiger partial charge in [-0.05, 0) is 55.1 Å². The van der Waals surface area contributed by atoms with Gasteiger partial charge in [0.2, 0.25) is 0 Å². The molecule has 0 aliphatic rings. The van der Waals surface area contributed by atoms with Gasteiger partial charge < -0.3 is 9.73 Å². The summed E-state index contributed by atoms with van der Waals surface area (Å²) >= 11 is 0. The molecule has 1 heterocycles. The molecule has 1 aromatic carbocycles. The number of likely N-dealkylation sites (N-methyl/N-ethyl adjacent to an activating group) is 1. The van der Waals surface area contributed by atoms with E-state index in [1.165, 1.54) is 22.3 Å². The van der Waals surface area contributed by atoms with Crippen molar-refractivity contribution >= 4 is 0 Å². The van der Waals surface area contributed by atoms with Crippen molar-refractivity contribution in [2.24, 2.45) is 0 Å². The number of furan rings is 1. The molecule has 0 bridgehead atoms. The van der Waals surface area contributed by atoms with Gasteiger partial charge in [-0.3, -0.25) is 0 Å². The Morgan fingerprint density at radius 1 is 1.22 bits per heavy atom. The zero-order valence-corrected chi connectivity index (χ0v) is 11.4. The van der Waals surface area contributed by atoms with E-state index in [1.807, 2.05) is 12.3 Å². The molecule has 0 aliphatic heterocycles. The summed E-state index contributed by atoms with van der Waals surface area (Å²) in [5, 5.41) is 3.56. The number of hydrogen-bond acceptors (Lipinski definition) is 2. The lowest BCUT2D eigenvalue weighted by molar-refractivity contribution is 0.533. The Bertz CT molecular complexity index is 488. The van der Waals surface area contributed by atoms with E-state index >= 15 is 0 Å². The molecule has 2 aromatic rings. The molecule has 2 nitrogen and oxygen atoms in total. The van der Waals surface area contributed by atoms with E-state index in [0.717, 1.165) is 13.0 Å². The molecular formula is C16H21NO. The van der Waals surface area contributed by atoms with Gasteiger partial charge in [-0.25, -0.2) is 0 Å². The van der Waals surface area contributed by atoms with Gasteiger partial charge in [0.05, 0.1) is 12.5 Å². The molecule has 18 heavy (non-hydrogen) atoms. The number of hydrogen-bond donors (Lipinski definition) is 1. The summed E-state index contributed by atoms with van der Waals surface area (Å²) in [6.45, 7) is 7.48. The fraction of sp³-hybridized carbons (Fsp3) is 0.375. The first-order valence-electron chi connectivity index (χ1n) is 6.53. The average molecular weight is 243 g/mol. The lowest BCUT2D eigenvalue weighted by Gasteiger charge is -2.20. The largest absolute Gasteiger partial charge is 0.472 e. The highest BCUT2D eigenvalue weighted by Crippen LogP contribution is 2.24. The van der Waals surface area contributed by atoms with Gasteiger partial charge >= 0.3 is 0 Å². The molecule has 0 amide bonds. The van der Waals surface area contributed by atoms with Crippen LogP contribution in [0.15, 0.2) is 41.2 Å². The summed E-state index contributed by atoms with van der Waals surface area (Å²) in [5.41, 5.74) is 5.36. The van der Waals surface area contributed by atoms with E-state index in [-0.39, 0.29) is 0 Å². The highest BCUT2D eigenvalue weighted by molar-refractivity contribution is 5.36. The maximum atomic E-state index is 5.16. The molecule has 0 aliphatic carbocycles. The summed E-state index contributed by atoms with van der Waals surface area (Å²) in [6, 6.07) is 8.91. The van der Waals surface area contributed by atoms with Crippen molar-refractivity contribution in [1.82, 2.24) is 5.32 Å². The molecule has 0 fully saturated rings. The highest BCUT2D eigenvalue weighted by Gasteiger charge is 2.14. The van der Waals surface area contributed by atoms with Crippen molar-refractivity contribution in [3.63, 3.8) is 0 Å². The van der Waals surface area contributed by atoms with E-state index in [4.69, 9.17) is 4.42 Å². The first-order chi connectivity index (χ1) is 8.72. The van der Waals surface area contributed by atoms with E-state index in [9.17, 15) is 0 Å². The predicted molar refractivity (Wildman–Crippen MR) is 74.7 cm³/mol. The lowest BCUT2D eigenvalue weighted by Crippen LogP contribution is -2.23. The van der Waals surface area contributed by atoms with Crippen molar-refractivity contribution in [1.29, 1.82) is 0 Å². The van der Waals surface area contributed by atoms with Gasteiger partial charge in [-0.1, -0.05) is 25.1 Å². The maximum absolute atomic E-state index is 5.16. The van der Waals surface area contributed by atoms with E-state index in [1.54, 1.807) is 6.26 Å². The third-order valence-electron chi connectivity index (χ3n) is 3.49. The van der Waals surface area contributed by atoms with Gasteiger partial charge in [0.25, 0.3) is 0 Å². The molecule has 1 atom stereocenters. The minimum Gasteiger partial charge on any atom is -0.472 e. The minimum absolute atomic E-state index is 0.354. The molecular weight excluding hydrogens is 222 g/mol. The van der Waals surface area contributed by atoms with E-state index in [2.05, 4.69) is 44.3 Å². The van der Waals surface area contributed by atoms with Crippen molar-refractivity contribution < 1.29 is 4.42 Å². The molecule has 0 saturated heterocycles. The number of rotatable bonds is 5. The number of aryl methyl sites for hydroxylation is 1. The second-order valence-corrected chi connectivity index (χ2v) is 4.74. The van der Waals surface area contributed by atoms with Crippen LogP contribution in [-0.2, 0) is 6.42 Å². The first kappa shape index (κ1) is 12.9. The third-order valence-corrected chi connectivity index (χ3v) is 3.49. The van der Waals surface area contributed by atoms with Crippen molar-refractivity contribution in [2.45, 2.75) is 33.2 Å². The fourth-order valence-corrected chi connectivity index (χ4v) is 2.33. The monoisotopic (exact) mass is 243 g/mol. The smallest absolute Gasteiger partial charge is 0.0935 e. The van der Waals surface area contributed by atoms with Crippen LogP contribution in [0.2, 0.25) is 0 Å². The lowest BCUT2D eigenvalue weighted by atomic mass is 9.94. The molecule has 1 unspecified atom stereocenters. The average Bonchev–Trinajstić information content (AvgIpc) is 2.85. The molecule has 96 valence electrons. The maximum Gasteiger partial charge on any atom is 0.0935 e. The Morgan fingerprint density at radius 3 is 2.72 bits per heavy atom. The topological polar surface area (TPSA) is 25.2 Å². The molecule has 1 N–H and O–H groups in total. The molecule has 2 rings (SSSR count). The Hall–Kier alpha value is -1.54. The van der Waals surface area contributed by atoms with Crippen LogP contribution in [0.25, 0.3) is 0 Å². The molecule has 0 radical (unpaired) electrons. The first-order valence-corrected chi connectivity index (χ1v) is 6.53. The SMILES string of the molecule is CCNC(Cc1ccoc1)c1cccc(C)c1C. The van der Waals surface area contributed by atoms with Gasteiger partial charge in [-0.15, -0.1) is 0 Å². The second-order valence-electron chi connectivity index (χ2n) is 4.74. The van der Waals surface area contributed by atoms with Gasteiger partial charge in [0, 0.05) is 6.04 Å².